The lowest BCUT2D eigenvalue weighted by atomic mass is 9.84. The lowest BCUT2D eigenvalue weighted by molar-refractivity contribution is -0.129. The first-order valence-corrected chi connectivity index (χ1v) is 5.19. The summed E-state index contributed by atoms with van der Waals surface area (Å²) in [5.74, 6) is 10.0. The molecule has 0 aliphatic carbocycles. The molecule has 0 aromatic carbocycles. The second-order valence-electron chi connectivity index (χ2n) is 4.94. The van der Waals surface area contributed by atoms with Gasteiger partial charge in [0.1, 0.15) is 0 Å². The second-order valence-corrected chi connectivity index (χ2v) is 4.94. The molecule has 1 atom stereocenters. The number of nitrogens with zero attached hydrogens (tertiary/aromatic N) is 1. The fourth-order valence-electron chi connectivity index (χ4n) is 1.58. The van der Waals surface area contributed by atoms with Crippen molar-refractivity contribution in [1.29, 1.82) is 0 Å². The number of carbonyl (C=O) groups is 1. The third kappa shape index (κ3) is 2.31. The van der Waals surface area contributed by atoms with Gasteiger partial charge in [-0.15, -0.1) is 0 Å². The van der Waals surface area contributed by atoms with E-state index in [0.29, 0.717) is 12.8 Å². The summed E-state index contributed by atoms with van der Waals surface area (Å²) >= 11 is 0. The maximum absolute atomic E-state index is 11.6. The van der Waals surface area contributed by atoms with Crippen molar-refractivity contribution in [2.24, 2.45) is 22.2 Å². The molecule has 1 heterocycles. The highest BCUT2D eigenvalue weighted by atomic mass is 16.2. The molecule has 1 amide bonds. The smallest absolute Gasteiger partial charge is 0.277 e. The lowest BCUT2D eigenvalue weighted by Gasteiger charge is -2.36. The molecule has 7 nitrogen and oxygen atoms in total. The Morgan fingerprint density at radius 1 is 1.50 bits per heavy atom. The van der Waals surface area contributed by atoms with Gasteiger partial charge in [0.25, 0.3) is 5.91 Å². The predicted molar refractivity (Wildman–Crippen MR) is 61.6 cm³/mol. The van der Waals surface area contributed by atoms with Gasteiger partial charge in [-0.1, -0.05) is 20.8 Å². The molecule has 0 saturated heterocycles. The highest BCUT2D eigenvalue weighted by Gasteiger charge is 2.40. The molecule has 92 valence electrons. The van der Waals surface area contributed by atoms with E-state index >= 15 is 0 Å². The largest absolute Gasteiger partial charge is 0.291 e. The fourth-order valence-corrected chi connectivity index (χ4v) is 1.58. The van der Waals surface area contributed by atoms with Crippen LogP contribution in [-0.2, 0) is 4.79 Å². The Balaban J connectivity index is 2.85. The number of hydrazine groups is 2. The highest BCUT2D eigenvalue weighted by molar-refractivity contribution is 5.92. The quantitative estimate of drug-likeness (QED) is 0.234. The maximum Gasteiger partial charge on any atom is 0.277 e. The Hall–Kier alpha value is -1.18. The fraction of sp³-hybridized carbons (Fsp3) is 0.778. The standard InChI is InChI=1S/C9H20N6O/c1-8(2,3)6-4-5-9(14-11,15-13-6)7(16)12-10/h14-15H,4-5,10-11H2,1-3H3,(H,12,16). The zero-order valence-corrected chi connectivity index (χ0v) is 9.92. The van der Waals surface area contributed by atoms with Crippen LogP contribution in [0.15, 0.2) is 5.10 Å². The van der Waals surface area contributed by atoms with Crippen molar-refractivity contribution in [3.63, 3.8) is 0 Å². The summed E-state index contributed by atoms with van der Waals surface area (Å²) in [5.41, 5.74) is 7.12. The molecule has 0 saturated carbocycles. The first-order valence-electron chi connectivity index (χ1n) is 5.19. The zero-order chi connectivity index (χ0) is 12.4. The summed E-state index contributed by atoms with van der Waals surface area (Å²) < 4.78 is 0. The van der Waals surface area contributed by atoms with Crippen molar-refractivity contribution < 1.29 is 4.79 Å². The molecule has 1 unspecified atom stereocenters. The minimum atomic E-state index is -1.11. The van der Waals surface area contributed by atoms with Gasteiger partial charge in [-0.05, 0) is 6.42 Å². The van der Waals surface area contributed by atoms with E-state index in [-0.39, 0.29) is 5.41 Å². The molecule has 0 bridgehead atoms. The van der Waals surface area contributed by atoms with Crippen molar-refractivity contribution in [2.45, 2.75) is 39.3 Å². The molecule has 0 aromatic heterocycles. The number of hydrogen-bond donors (Lipinski definition) is 5. The Bertz CT molecular complexity index is 308. The van der Waals surface area contributed by atoms with Gasteiger partial charge >= 0.3 is 0 Å². The van der Waals surface area contributed by atoms with Gasteiger partial charge < -0.3 is 0 Å². The molecule has 0 fully saturated rings. The summed E-state index contributed by atoms with van der Waals surface area (Å²) in [7, 11) is 0. The normalized spacial score (nSPS) is 25.7. The van der Waals surface area contributed by atoms with Crippen LogP contribution in [0.25, 0.3) is 0 Å². The zero-order valence-electron chi connectivity index (χ0n) is 9.92. The van der Waals surface area contributed by atoms with E-state index in [1.54, 1.807) is 0 Å². The van der Waals surface area contributed by atoms with Crippen molar-refractivity contribution in [1.82, 2.24) is 16.3 Å². The van der Waals surface area contributed by atoms with Crippen molar-refractivity contribution >= 4 is 11.6 Å². The van der Waals surface area contributed by atoms with E-state index in [4.69, 9.17) is 11.7 Å². The molecule has 0 spiro atoms. The predicted octanol–water partition coefficient (Wildman–Crippen LogP) is -1.08. The van der Waals surface area contributed by atoms with Crippen LogP contribution < -0.4 is 28.0 Å². The van der Waals surface area contributed by atoms with Gasteiger partial charge in [-0.2, -0.15) is 5.10 Å². The topological polar surface area (TPSA) is 118 Å². The van der Waals surface area contributed by atoms with Crippen LogP contribution in [0.2, 0.25) is 0 Å². The Morgan fingerprint density at radius 2 is 2.12 bits per heavy atom. The molecule has 16 heavy (non-hydrogen) atoms. The van der Waals surface area contributed by atoms with E-state index < -0.39 is 11.6 Å². The molecule has 1 aliphatic heterocycles. The van der Waals surface area contributed by atoms with Crippen LogP contribution in [-0.4, -0.2) is 17.3 Å². The first-order chi connectivity index (χ1) is 7.35. The van der Waals surface area contributed by atoms with E-state index in [2.05, 4.69) is 42.1 Å². The maximum atomic E-state index is 11.6. The Labute approximate surface area is 94.9 Å². The lowest BCUT2D eigenvalue weighted by Crippen LogP contribution is -2.69. The van der Waals surface area contributed by atoms with E-state index in [1.807, 2.05) is 0 Å². The summed E-state index contributed by atoms with van der Waals surface area (Å²) in [5, 5.41) is 4.20. The van der Waals surface area contributed by atoms with Crippen LogP contribution in [0.1, 0.15) is 33.6 Å². The van der Waals surface area contributed by atoms with Gasteiger partial charge in [0, 0.05) is 17.5 Å². The Kier molecular flexibility index (Phi) is 3.51. The summed E-state index contributed by atoms with van der Waals surface area (Å²) in [4.78, 5) is 11.6. The minimum Gasteiger partial charge on any atom is -0.291 e. The van der Waals surface area contributed by atoms with E-state index in [0.717, 1.165) is 5.71 Å². The molecule has 1 rings (SSSR count). The second kappa shape index (κ2) is 4.36. The average Bonchev–Trinajstić information content (AvgIpc) is 2.26. The molecule has 0 radical (unpaired) electrons. The Morgan fingerprint density at radius 3 is 2.44 bits per heavy atom. The van der Waals surface area contributed by atoms with Gasteiger partial charge in [0.15, 0.2) is 5.66 Å². The molecule has 1 aliphatic rings. The summed E-state index contributed by atoms with van der Waals surface area (Å²) in [6.45, 7) is 6.21. The number of nitrogens with one attached hydrogen (secondary N) is 3. The van der Waals surface area contributed by atoms with Crippen LogP contribution in [0, 0.1) is 5.41 Å². The molecular formula is C9H20N6O. The van der Waals surface area contributed by atoms with Crippen LogP contribution in [0.5, 0.6) is 0 Å². The van der Waals surface area contributed by atoms with Crippen molar-refractivity contribution in [2.75, 3.05) is 0 Å². The number of rotatable bonds is 2. The summed E-state index contributed by atoms with van der Waals surface area (Å²) in [6, 6.07) is 0. The van der Waals surface area contributed by atoms with Crippen LogP contribution in [0.3, 0.4) is 0 Å². The number of hydrogen-bond acceptors (Lipinski definition) is 6. The van der Waals surface area contributed by atoms with Crippen molar-refractivity contribution in [3.8, 4) is 0 Å². The highest BCUT2D eigenvalue weighted by Crippen LogP contribution is 2.25. The van der Waals surface area contributed by atoms with Crippen LogP contribution in [0.4, 0.5) is 0 Å². The molecular weight excluding hydrogens is 208 g/mol. The molecule has 7 N–H and O–H groups in total. The van der Waals surface area contributed by atoms with Gasteiger partial charge in [-0.25, -0.2) is 11.3 Å². The van der Waals surface area contributed by atoms with Gasteiger partial charge in [-0.3, -0.25) is 21.5 Å². The van der Waals surface area contributed by atoms with E-state index in [9.17, 15) is 4.79 Å². The van der Waals surface area contributed by atoms with Crippen molar-refractivity contribution in [3.05, 3.63) is 0 Å². The number of nitrogens with two attached hydrogens (primary N) is 2. The number of hydrazone groups is 1. The third-order valence-electron chi connectivity index (χ3n) is 2.75. The molecule has 7 heteroatoms. The SMILES string of the molecule is CC(C)(C)C1=NNC(NN)(C(=O)NN)CC1. The van der Waals surface area contributed by atoms with Crippen LogP contribution >= 0.6 is 0 Å². The minimum absolute atomic E-state index is 0.0209. The average molecular weight is 228 g/mol. The third-order valence-corrected chi connectivity index (χ3v) is 2.75. The monoisotopic (exact) mass is 228 g/mol. The van der Waals surface area contributed by atoms with Gasteiger partial charge in [0.05, 0.1) is 0 Å². The number of carbonyl (C=O) groups excluding carboxylic acids is 1. The van der Waals surface area contributed by atoms with Gasteiger partial charge in [0.2, 0.25) is 0 Å². The number of amides is 1. The molecule has 0 aromatic rings. The summed E-state index contributed by atoms with van der Waals surface area (Å²) in [6.07, 6.45) is 1.19. The van der Waals surface area contributed by atoms with E-state index in [1.165, 1.54) is 0 Å². The first kappa shape index (κ1) is 12.9.